The molecule has 1 heterocycles. The molecule has 0 radical (unpaired) electrons. The van der Waals surface area contributed by atoms with Crippen LogP contribution in [0.4, 0.5) is 4.79 Å². The number of esters is 1. The normalized spacial score (nSPS) is 17.5. The first-order chi connectivity index (χ1) is 8.19. The van der Waals surface area contributed by atoms with Crippen LogP contribution in [0.15, 0.2) is 24.3 Å². The fourth-order valence-corrected chi connectivity index (χ4v) is 2.04. The fourth-order valence-electron chi connectivity index (χ4n) is 2.04. The predicted molar refractivity (Wildman–Crippen MR) is 59.1 cm³/mol. The van der Waals surface area contributed by atoms with Gasteiger partial charge in [0.05, 0.1) is 20.8 Å². The number of rotatable bonds is 1. The molecule has 0 aliphatic carbocycles. The second-order valence-electron chi connectivity index (χ2n) is 3.72. The molecule has 5 nitrogen and oxygen atoms in total. The molecule has 5 heteroatoms. The molecule has 1 aromatic rings. The summed E-state index contributed by atoms with van der Waals surface area (Å²) in [4.78, 5) is 24.7. The van der Waals surface area contributed by atoms with Crippen molar-refractivity contribution in [2.75, 3.05) is 14.2 Å². The van der Waals surface area contributed by atoms with Crippen LogP contribution in [0.25, 0.3) is 0 Å². The van der Waals surface area contributed by atoms with Crippen LogP contribution in [0.3, 0.4) is 0 Å². The Morgan fingerprint density at radius 3 is 2.59 bits per heavy atom. The zero-order chi connectivity index (χ0) is 12.4. The molecule has 0 spiro atoms. The molecule has 1 aliphatic heterocycles. The topological polar surface area (TPSA) is 55.8 Å². The van der Waals surface area contributed by atoms with Gasteiger partial charge in [-0.15, -0.1) is 0 Å². The molecule has 0 saturated carbocycles. The van der Waals surface area contributed by atoms with Gasteiger partial charge in [0.1, 0.15) is 0 Å². The highest BCUT2D eigenvalue weighted by Crippen LogP contribution is 2.34. The van der Waals surface area contributed by atoms with Gasteiger partial charge in [0.2, 0.25) is 0 Å². The third-order valence-corrected chi connectivity index (χ3v) is 2.84. The molecule has 0 bridgehead atoms. The number of hydrogen-bond acceptors (Lipinski definition) is 4. The van der Waals surface area contributed by atoms with E-state index in [1.807, 2.05) is 24.3 Å². The first kappa shape index (κ1) is 11.4. The lowest BCUT2D eigenvalue weighted by Crippen LogP contribution is -2.34. The van der Waals surface area contributed by atoms with E-state index in [0.717, 1.165) is 11.1 Å². The summed E-state index contributed by atoms with van der Waals surface area (Å²) < 4.78 is 9.40. The van der Waals surface area contributed by atoms with Gasteiger partial charge in [-0.1, -0.05) is 24.3 Å². The zero-order valence-corrected chi connectivity index (χ0v) is 9.67. The fraction of sp³-hybridized carbons (Fsp3) is 0.333. The Hall–Kier alpha value is -2.04. The number of benzene rings is 1. The summed E-state index contributed by atoms with van der Waals surface area (Å²) >= 11 is 0. The molecule has 0 aromatic heterocycles. The van der Waals surface area contributed by atoms with Crippen LogP contribution >= 0.6 is 0 Å². The van der Waals surface area contributed by atoms with Gasteiger partial charge in [-0.3, -0.25) is 4.90 Å². The minimum absolute atomic E-state index is 0.364. The van der Waals surface area contributed by atoms with Crippen LogP contribution in [-0.4, -0.2) is 31.2 Å². The smallest absolute Gasteiger partial charge is 0.410 e. The minimum atomic E-state index is -0.705. The highest BCUT2D eigenvalue weighted by Gasteiger charge is 2.39. The maximum absolute atomic E-state index is 11.7. The quantitative estimate of drug-likeness (QED) is 0.692. The van der Waals surface area contributed by atoms with Gasteiger partial charge in [0.15, 0.2) is 6.04 Å². The van der Waals surface area contributed by atoms with Gasteiger partial charge in [-0.05, 0) is 11.1 Å². The first-order valence-corrected chi connectivity index (χ1v) is 5.19. The Morgan fingerprint density at radius 1 is 1.24 bits per heavy atom. The van der Waals surface area contributed by atoms with E-state index in [1.165, 1.54) is 19.1 Å². The molecule has 90 valence electrons. The average molecular weight is 235 g/mol. The van der Waals surface area contributed by atoms with E-state index in [4.69, 9.17) is 4.74 Å². The van der Waals surface area contributed by atoms with E-state index < -0.39 is 18.1 Å². The molecule has 1 unspecified atom stereocenters. The van der Waals surface area contributed by atoms with Crippen molar-refractivity contribution in [1.82, 2.24) is 4.90 Å². The Balaban J connectivity index is 2.40. The SMILES string of the molecule is COC(=O)C1c2ccccc2CN1C(=O)OC. The maximum Gasteiger partial charge on any atom is 0.410 e. The summed E-state index contributed by atoms with van der Waals surface area (Å²) in [5.74, 6) is -0.458. The van der Waals surface area contributed by atoms with E-state index in [1.54, 1.807) is 0 Å². The summed E-state index contributed by atoms with van der Waals surface area (Å²) in [6.07, 6.45) is -0.531. The molecule has 1 amide bonds. The Labute approximate surface area is 98.9 Å². The molecule has 1 aliphatic rings. The Morgan fingerprint density at radius 2 is 1.94 bits per heavy atom. The second-order valence-corrected chi connectivity index (χ2v) is 3.72. The average Bonchev–Trinajstić information content (AvgIpc) is 2.76. The van der Waals surface area contributed by atoms with Gasteiger partial charge in [0.25, 0.3) is 0 Å². The molecule has 2 rings (SSSR count). The largest absolute Gasteiger partial charge is 0.467 e. The lowest BCUT2D eigenvalue weighted by Gasteiger charge is -2.21. The zero-order valence-electron chi connectivity index (χ0n) is 9.67. The highest BCUT2D eigenvalue weighted by atomic mass is 16.5. The van der Waals surface area contributed by atoms with E-state index >= 15 is 0 Å². The molecule has 1 atom stereocenters. The van der Waals surface area contributed by atoms with Crippen molar-refractivity contribution in [3.63, 3.8) is 0 Å². The summed E-state index contributed by atoms with van der Waals surface area (Å²) in [5, 5.41) is 0. The first-order valence-electron chi connectivity index (χ1n) is 5.19. The van der Waals surface area contributed by atoms with Crippen molar-refractivity contribution in [2.45, 2.75) is 12.6 Å². The number of carbonyl (C=O) groups is 2. The van der Waals surface area contributed by atoms with Crippen LogP contribution in [0.5, 0.6) is 0 Å². The van der Waals surface area contributed by atoms with E-state index in [2.05, 4.69) is 4.74 Å². The van der Waals surface area contributed by atoms with E-state index in [9.17, 15) is 9.59 Å². The predicted octanol–water partition coefficient (Wildman–Crippen LogP) is 1.48. The van der Waals surface area contributed by atoms with Crippen LogP contribution in [0.1, 0.15) is 17.2 Å². The minimum Gasteiger partial charge on any atom is -0.467 e. The van der Waals surface area contributed by atoms with Gasteiger partial charge in [0, 0.05) is 0 Å². The van der Waals surface area contributed by atoms with Crippen molar-refractivity contribution < 1.29 is 19.1 Å². The number of hydrogen-bond donors (Lipinski definition) is 0. The van der Waals surface area contributed by atoms with Crippen LogP contribution < -0.4 is 0 Å². The molecule has 1 aromatic carbocycles. The van der Waals surface area contributed by atoms with Gasteiger partial charge in [-0.2, -0.15) is 0 Å². The van der Waals surface area contributed by atoms with Crippen molar-refractivity contribution >= 4 is 12.1 Å². The highest BCUT2D eigenvalue weighted by molar-refractivity contribution is 5.84. The lowest BCUT2D eigenvalue weighted by molar-refractivity contribution is -0.146. The van der Waals surface area contributed by atoms with Crippen molar-refractivity contribution in [3.8, 4) is 0 Å². The summed E-state index contributed by atoms with van der Waals surface area (Å²) in [6.45, 7) is 0.364. The summed E-state index contributed by atoms with van der Waals surface area (Å²) in [7, 11) is 2.60. The van der Waals surface area contributed by atoms with Crippen molar-refractivity contribution in [2.24, 2.45) is 0 Å². The molecule has 0 fully saturated rings. The Bertz CT molecular complexity index is 458. The number of nitrogens with zero attached hydrogens (tertiary/aromatic N) is 1. The number of fused-ring (bicyclic) bond motifs is 1. The third kappa shape index (κ3) is 1.84. The molecular weight excluding hydrogens is 222 g/mol. The lowest BCUT2D eigenvalue weighted by atomic mass is 10.1. The van der Waals surface area contributed by atoms with Crippen molar-refractivity contribution in [3.05, 3.63) is 35.4 Å². The number of amides is 1. The molecule has 17 heavy (non-hydrogen) atoms. The van der Waals surface area contributed by atoms with Crippen molar-refractivity contribution in [1.29, 1.82) is 0 Å². The van der Waals surface area contributed by atoms with E-state index in [-0.39, 0.29) is 0 Å². The second kappa shape index (κ2) is 4.45. The number of carbonyl (C=O) groups excluding carboxylic acids is 2. The van der Waals surface area contributed by atoms with Gasteiger partial charge >= 0.3 is 12.1 Å². The molecular formula is C12H13NO4. The molecule has 0 N–H and O–H groups in total. The Kier molecular flexibility index (Phi) is 2.99. The van der Waals surface area contributed by atoms with Crippen LogP contribution in [0, 0.1) is 0 Å². The standard InChI is InChI=1S/C12H13NO4/c1-16-11(14)10-9-6-4-3-5-8(9)7-13(10)12(15)17-2/h3-6,10H,7H2,1-2H3. The maximum atomic E-state index is 11.7. The summed E-state index contributed by atoms with van der Waals surface area (Å²) in [5.41, 5.74) is 1.73. The third-order valence-electron chi connectivity index (χ3n) is 2.84. The number of ether oxygens (including phenoxy) is 2. The van der Waals surface area contributed by atoms with Gasteiger partial charge < -0.3 is 9.47 Å². The monoisotopic (exact) mass is 235 g/mol. The van der Waals surface area contributed by atoms with Crippen LogP contribution in [0.2, 0.25) is 0 Å². The van der Waals surface area contributed by atoms with E-state index in [0.29, 0.717) is 6.54 Å². The van der Waals surface area contributed by atoms with Gasteiger partial charge in [-0.25, -0.2) is 9.59 Å². The summed E-state index contributed by atoms with van der Waals surface area (Å²) in [6, 6.07) is 6.70. The number of methoxy groups -OCH3 is 2. The van der Waals surface area contributed by atoms with Crippen LogP contribution in [-0.2, 0) is 20.8 Å². The molecule has 0 saturated heterocycles.